The minimum atomic E-state index is -0.0552. The maximum absolute atomic E-state index is 13.6. The largest absolute Gasteiger partial charge is 0.492 e. The molecule has 0 spiro atoms. The van der Waals surface area contributed by atoms with Gasteiger partial charge in [0.25, 0.3) is 5.91 Å². The fraction of sp³-hybridized carbons (Fsp3) is 0.480. The molecule has 32 heavy (non-hydrogen) atoms. The van der Waals surface area contributed by atoms with E-state index in [-0.39, 0.29) is 5.91 Å². The van der Waals surface area contributed by atoms with Crippen molar-refractivity contribution in [1.82, 2.24) is 4.90 Å². The first-order valence-corrected chi connectivity index (χ1v) is 11.2. The number of likely N-dealkylation sites (tertiary alicyclic amines) is 1. The van der Waals surface area contributed by atoms with E-state index in [4.69, 9.17) is 24.7 Å². The van der Waals surface area contributed by atoms with E-state index in [2.05, 4.69) is 0 Å². The van der Waals surface area contributed by atoms with Crippen LogP contribution in [0.1, 0.15) is 41.6 Å². The maximum Gasteiger partial charge on any atom is 0.258 e. The summed E-state index contributed by atoms with van der Waals surface area (Å²) in [5.41, 5.74) is 7.20. The number of ether oxygens (including phenoxy) is 4. The minimum Gasteiger partial charge on any atom is -0.492 e. The van der Waals surface area contributed by atoms with Gasteiger partial charge in [0.2, 0.25) is 11.5 Å². The average Bonchev–Trinajstić information content (AvgIpc) is 3.11. The van der Waals surface area contributed by atoms with Crippen LogP contribution in [0.4, 0.5) is 0 Å². The number of nitrogens with two attached hydrogens (primary N) is 1. The molecule has 1 saturated carbocycles. The Morgan fingerprint density at radius 3 is 2.38 bits per heavy atom. The van der Waals surface area contributed by atoms with E-state index in [9.17, 15) is 4.79 Å². The quantitative estimate of drug-likeness (QED) is 0.668. The van der Waals surface area contributed by atoms with Crippen molar-refractivity contribution in [2.24, 2.45) is 11.7 Å². The molecule has 2 N–H and O–H groups in total. The van der Waals surface area contributed by atoms with Crippen molar-refractivity contribution in [3.63, 3.8) is 0 Å². The second kappa shape index (κ2) is 9.69. The van der Waals surface area contributed by atoms with Gasteiger partial charge in [-0.3, -0.25) is 4.79 Å². The molecule has 2 atom stereocenters. The van der Waals surface area contributed by atoms with Crippen molar-refractivity contribution in [1.29, 1.82) is 0 Å². The van der Waals surface area contributed by atoms with E-state index in [1.54, 1.807) is 13.2 Å². The number of nitrogens with zero attached hydrogens (tertiary/aromatic N) is 1. The molecule has 172 valence electrons. The van der Waals surface area contributed by atoms with Crippen molar-refractivity contribution in [3.8, 4) is 28.7 Å². The van der Waals surface area contributed by atoms with Crippen LogP contribution in [0, 0.1) is 5.92 Å². The smallest absolute Gasteiger partial charge is 0.258 e. The van der Waals surface area contributed by atoms with Gasteiger partial charge < -0.3 is 29.6 Å². The van der Waals surface area contributed by atoms with Gasteiger partial charge in [0.1, 0.15) is 5.75 Å². The standard InChI is InChI=1S/C25H32N2O5/c1-29-22-20(25(28)27-15-17-5-4-6-18(27)13-17)14-21(23(30-2)24(22)31-3)32-19-9-7-16(8-10-19)11-12-26/h7-10,14,17-18H,4-6,11-13,15,26H2,1-3H3/t17-,18+/m1/s1. The van der Waals surface area contributed by atoms with Gasteiger partial charge in [-0.2, -0.15) is 0 Å². The van der Waals surface area contributed by atoms with Gasteiger partial charge in [0, 0.05) is 18.7 Å². The van der Waals surface area contributed by atoms with Crippen LogP contribution in [0.15, 0.2) is 30.3 Å². The Bertz CT molecular complexity index is 960. The second-order valence-electron chi connectivity index (χ2n) is 8.45. The molecule has 1 heterocycles. The molecule has 2 fully saturated rings. The Hall–Kier alpha value is -2.93. The summed E-state index contributed by atoms with van der Waals surface area (Å²) in [6, 6.07) is 9.72. The zero-order valence-electron chi connectivity index (χ0n) is 19.1. The molecule has 0 unspecified atom stereocenters. The van der Waals surface area contributed by atoms with Crippen LogP contribution in [0.5, 0.6) is 28.7 Å². The van der Waals surface area contributed by atoms with Crippen molar-refractivity contribution in [2.45, 2.75) is 38.1 Å². The van der Waals surface area contributed by atoms with Gasteiger partial charge >= 0.3 is 0 Å². The molecule has 7 nitrogen and oxygen atoms in total. The predicted molar refractivity (Wildman–Crippen MR) is 122 cm³/mol. The predicted octanol–water partition coefficient (Wildman–Crippen LogP) is 4.02. The van der Waals surface area contributed by atoms with Gasteiger partial charge in [-0.15, -0.1) is 0 Å². The average molecular weight is 441 g/mol. The van der Waals surface area contributed by atoms with Crippen LogP contribution >= 0.6 is 0 Å². The van der Waals surface area contributed by atoms with Crippen LogP contribution in [0.3, 0.4) is 0 Å². The molecular formula is C25H32N2O5. The highest BCUT2D eigenvalue weighted by atomic mass is 16.5. The number of carbonyl (C=O) groups excluding carboxylic acids is 1. The number of benzene rings is 2. The van der Waals surface area contributed by atoms with E-state index in [0.29, 0.717) is 52.8 Å². The molecule has 1 amide bonds. The fourth-order valence-electron chi connectivity index (χ4n) is 4.98. The summed E-state index contributed by atoms with van der Waals surface area (Å²) >= 11 is 0. The topological polar surface area (TPSA) is 83.3 Å². The van der Waals surface area contributed by atoms with Crippen LogP contribution in [0.2, 0.25) is 0 Å². The summed E-state index contributed by atoms with van der Waals surface area (Å²) in [6.07, 6.45) is 5.31. The normalized spacial score (nSPS) is 19.6. The Kier molecular flexibility index (Phi) is 6.74. The van der Waals surface area contributed by atoms with E-state index >= 15 is 0 Å². The second-order valence-corrected chi connectivity index (χ2v) is 8.45. The Labute approximate surface area is 189 Å². The Morgan fingerprint density at radius 1 is 1.03 bits per heavy atom. The van der Waals surface area contributed by atoms with Crippen LogP contribution in [-0.4, -0.2) is 51.3 Å². The third kappa shape index (κ3) is 4.21. The number of hydrogen-bond donors (Lipinski definition) is 1. The first-order chi connectivity index (χ1) is 15.6. The highest BCUT2D eigenvalue weighted by molar-refractivity contribution is 5.99. The third-order valence-corrected chi connectivity index (χ3v) is 6.49. The number of rotatable bonds is 8. The molecule has 2 bridgehead atoms. The van der Waals surface area contributed by atoms with Crippen molar-refractivity contribution in [2.75, 3.05) is 34.4 Å². The zero-order valence-corrected chi connectivity index (χ0v) is 19.1. The number of amides is 1. The number of fused-ring (bicyclic) bond motifs is 2. The molecule has 2 aromatic rings. The van der Waals surface area contributed by atoms with E-state index in [1.807, 2.05) is 29.2 Å². The van der Waals surface area contributed by atoms with Gasteiger partial charge in [-0.25, -0.2) is 0 Å². The van der Waals surface area contributed by atoms with Crippen molar-refractivity contribution in [3.05, 3.63) is 41.5 Å². The lowest BCUT2D eigenvalue weighted by Gasteiger charge is -2.26. The lowest BCUT2D eigenvalue weighted by atomic mass is 9.90. The number of methoxy groups -OCH3 is 3. The van der Waals surface area contributed by atoms with Crippen LogP contribution in [-0.2, 0) is 6.42 Å². The molecular weight excluding hydrogens is 408 g/mol. The van der Waals surface area contributed by atoms with Gasteiger partial charge in [-0.1, -0.05) is 18.6 Å². The summed E-state index contributed by atoms with van der Waals surface area (Å²) in [5, 5.41) is 0. The van der Waals surface area contributed by atoms with Crippen molar-refractivity contribution < 1.29 is 23.7 Å². The first kappa shape index (κ1) is 22.3. The monoisotopic (exact) mass is 440 g/mol. The van der Waals surface area contributed by atoms with Gasteiger partial charge in [0.05, 0.1) is 26.9 Å². The number of carbonyl (C=O) groups is 1. The fourth-order valence-corrected chi connectivity index (χ4v) is 4.98. The number of hydrogen-bond acceptors (Lipinski definition) is 6. The third-order valence-electron chi connectivity index (χ3n) is 6.49. The van der Waals surface area contributed by atoms with Gasteiger partial charge in [-0.05, 0) is 55.8 Å². The maximum atomic E-state index is 13.6. The SMILES string of the molecule is COc1c(Oc2ccc(CCN)cc2)cc(C(=O)N2C[C@@H]3CCC[C@H]2C3)c(OC)c1OC. The molecule has 4 rings (SSSR count). The summed E-state index contributed by atoms with van der Waals surface area (Å²) in [5.74, 6) is 2.66. The van der Waals surface area contributed by atoms with E-state index in [0.717, 1.165) is 31.4 Å². The van der Waals surface area contributed by atoms with Crippen molar-refractivity contribution >= 4 is 5.91 Å². The molecule has 1 saturated heterocycles. The molecule has 0 radical (unpaired) electrons. The molecule has 1 aliphatic carbocycles. The molecule has 1 aliphatic heterocycles. The molecule has 2 aromatic carbocycles. The lowest BCUT2D eigenvalue weighted by Crippen LogP contribution is -2.35. The summed E-state index contributed by atoms with van der Waals surface area (Å²) in [4.78, 5) is 15.6. The summed E-state index contributed by atoms with van der Waals surface area (Å²) in [7, 11) is 4.61. The van der Waals surface area contributed by atoms with Crippen LogP contribution in [0.25, 0.3) is 0 Å². The summed E-state index contributed by atoms with van der Waals surface area (Å²) in [6.45, 7) is 1.38. The zero-order chi connectivity index (χ0) is 22.7. The molecule has 2 aliphatic rings. The van der Waals surface area contributed by atoms with Crippen LogP contribution < -0.4 is 24.7 Å². The molecule has 7 heteroatoms. The molecule has 0 aromatic heterocycles. The highest BCUT2D eigenvalue weighted by Crippen LogP contribution is 2.49. The highest BCUT2D eigenvalue weighted by Gasteiger charge is 2.39. The van der Waals surface area contributed by atoms with Gasteiger partial charge in [0.15, 0.2) is 11.5 Å². The Balaban J connectivity index is 1.72. The summed E-state index contributed by atoms with van der Waals surface area (Å²) < 4.78 is 23.0. The van der Waals surface area contributed by atoms with E-state index < -0.39 is 0 Å². The van der Waals surface area contributed by atoms with E-state index in [1.165, 1.54) is 27.1 Å². The Morgan fingerprint density at radius 2 is 1.75 bits per heavy atom. The minimum absolute atomic E-state index is 0.0552. The first-order valence-electron chi connectivity index (χ1n) is 11.2. The lowest BCUT2D eigenvalue weighted by molar-refractivity contribution is 0.0728.